The van der Waals surface area contributed by atoms with Gasteiger partial charge in [0.05, 0.1) is 0 Å². The molecule has 2 heteroatoms. The topological polar surface area (TPSA) is 25.8 Å². The fourth-order valence-corrected chi connectivity index (χ4v) is 1.35. The van der Waals surface area contributed by atoms with Crippen LogP contribution in [0.4, 0.5) is 0 Å². The second-order valence-electron chi connectivity index (χ2n) is 3.04. The zero-order valence-electron chi connectivity index (χ0n) is 8.01. The largest absolute Gasteiger partial charge is 0.244 e. The van der Waals surface area contributed by atoms with E-state index in [2.05, 4.69) is 34.6 Å². The lowest BCUT2D eigenvalue weighted by atomic mass is 10.0. The first kappa shape index (κ1) is 8.88. The molecule has 0 fully saturated rings. The summed E-state index contributed by atoms with van der Waals surface area (Å²) in [5, 5.41) is 0. The van der Waals surface area contributed by atoms with Gasteiger partial charge in [0.2, 0.25) is 0 Å². The van der Waals surface area contributed by atoms with Crippen molar-refractivity contribution in [3.63, 3.8) is 0 Å². The van der Waals surface area contributed by atoms with Crippen LogP contribution in [0.1, 0.15) is 12.5 Å². The molecule has 1 aromatic carbocycles. The highest BCUT2D eigenvalue weighted by atomic mass is 14.8. The maximum atomic E-state index is 4.00. The molecule has 69 valence electrons. The Hall–Kier alpha value is -1.70. The van der Waals surface area contributed by atoms with Gasteiger partial charge >= 0.3 is 0 Å². The van der Waals surface area contributed by atoms with E-state index in [1.54, 1.807) is 6.33 Å². The Kier molecular flexibility index (Phi) is 2.54. The van der Waals surface area contributed by atoms with Crippen LogP contribution in [-0.4, -0.2) is 9.97 Å². The highest BCUT2D eigenvalue weighted by Gasteiger charge is 1.97. The summed E-state index contributed by atoms with van der Waals surface area (Å²) >= 11 is 0. The van der Waals surface area contributed by atoms with Gasteiger partial charge in [-0.15, -0.1) is 0 Å². The van der Waals surface area contributed by atoms with Crippen molar-refractivity contribution in [2.24, 2.45) is 0 Å². The molecule has 0 unspecified atom stereocenters. The third-order valence-electron chi connectivity index (χ3n) is 2.11. The highest BCUT2D eigenvalue weighted by molar-refractivity contribution is 5.62. The molecule has 0 aliphatic rings. The molecule has 0 amide bonds. The first-order valence-electron chi connectivity index (χ1n) is 4.55. The summed E-state index contributed by atoms with van der Waals surface area (Å²) in [4.78, 5) is 7.99. The maximum Gasteiger partial charge on any atom is 0.115 e. The van der Waals surface area contributed by atoms with Crippen molar-refractivity contribution in [2.75, 3.05) is 0 Å². The lowest BCUT2D eigenvalue weighted by Crippen LogP contribution is -1.83. The van der Waals surface area contributed by atoms with E-state index in [-0.39, 0.29) is 0 Å². The fourth-order valence-electron chi connectivity index (χ4n) is 1.35. The normalized spacial score (nSPS) is 10.1. The smallest absolute Gasteiger partial charge is 0.115 e. The van der Waals surface area contributed by atoms with E-state index in [0.717, 1.165) is 11.1 Å². The van der Waals surface area contributed by atoms with Crippen molar-refractivity contribution in [3.8, 4) is 11.1 Å². The van der Waals surface area contributed by atoms with Crippen LogP contribution in [0.15, 0.2) is 43.0 Å². The van der Waals surface area contributed by atoms with Crippen LogP contribution >= 0.6 is 0 Å². The van der Waals surface area contributed by atoms with E-state index in [9.17, 15) is 0 Å². The van der Waals surface area contributed by atoms with E-state index in [0.29, 0.717) is 0 Å². The quantitative estimate of drug-likeness (QED) is 0.715. The molecule has 0 bridgehead atoms. The lowest BCUT2D eigenvalue weighted by molar-refractivity contribution is 1.17. The van der Waals surface area contributed by atoms with Crippen molar-refractivity contribution in [2.45, 2.75) is 6.92 Å². The first-order chi connectivity index (χ1) is 6.90. The summed E-state index contributed by atoms with van der Waals surface area (Å²) in [5.41, 5.74) is 3.42. The summed E-state index contributed by atoms with van der Waals surface area (Å²) in [7, 11) is 0. The van der Waals surface area contributed by atoms with Gasteiger partial charge in [0.15, 0.2) is 0 Å². The van der Waals surface area contributed by atoms with Gasteiger partial charge in [-0.25, -0.2) is 9.97 Å². The van der Waals surface area contributed by atoms with Crippen molar-refractivity contribution in [3.05, 3.63) is 55.0 Å². The molecular formula is C12H11N2. The van der Waals surface area contributed by atoms with Crippen LogP contribution in [-0.2, 0) is 0 Å². The summed E-state index contributed by atoms with van der Waals surface area (Å²) in [6.45, 7) is 2.03. The van der Waals surface area contributed by atoms with E-state index in [4.69, 9.17) is 0 Å². The summed E-state index contributed by atoms with van der Waals surface area (Å²) in [6.07, 6.45) is 7.26. The molecule has 1 aromatic heterocycles. The molecule has 0 saturated carbocycles. The predicted octanol–water partition coefficient (Wildman–Crippen LogP) is 2.72. The Morgan fingerprint density at radius 3 is 2.57 bits per heavy atom. The molecule has 0 aliphatic heterocycles. The zero-order chi connectivity index (χ0) is 9.80. The minimum atomic E-state index is 1.05. The van der Waals surface area contributed by atoms with Crippen LogP contribution in [0, 0.1) is 6.42 Å². The third-order valence-corrected chi connectivity index (χ3v) is 2.11. The van der Waals surface area contributed by atoms with Crippen LogP contribution in [0.25, 0.3) is 11.1 Å². The van der Waals surface area contributed by atoms with Gasteiger partial charge < -0.3 is 0 Å². The molecule has 0 saturated heterocycles. The number of hydrogen-bond acceptors (Lipinski definition) is 2. The molecule has 1 heterocycles. The molecule has 0 spiro atoms. The Morgan fingerprint density at radius 1 is 1.07 bits per heavy atom. The van der Waals surface area contributed by atoms with Gasteiger partial charge in [-0.1, -0.05) is 31.2 Å². The zero-order valence-corrected chi connectivity index (χ0v) is 8.01. The van der Waals surface area contributed by atoms with Gasteiger partial charge in [-0.3, -0.25) is 0 Å². The Labute approximate surface area is 83.7 Å². The van der Waals surface area contributed by atoms with Crippen molar-refractivity contribution < 1.29 is 0 Å². The van der Waals surface area contributed by atoms with Gasteiger partial charge in [0, 0.05) is 18.0 Å². The van der Waals surface area contributed by atoms with Crippen molar-refractivity contribution in [1.29, 1.82) is 0 Å². The number of nitrogens with zero attached hydrogens (tertiary/aromatic N) is 2. The van der Waals surface area contributed by atoms with Crippen LogP contribution in [0.2, 0.25) is 0 Å². The van der Waals surface area contributed by atoms with Gasteiger partial charge in [-0.2, -0.15) is 0 Å². The van der Waals surface area contributed by atoms with Crippen molar-refractivity contribution >= 4 is 0 Å². The number of hydrogen-bond donors (Lipinski definition) is 0. The standard InChI is InChI=1S/C12H11N2/c1-2-10-4-3-5-11(6-10)12-7-13-9-14-8-12/h2-9H,1H3. The summed E-state index contributed by atoms with van der Waals surface area (Å²) in [6, 6.07) is 8.30. The average Bonchev–Trinajstić information content (AvgIpc) is 2.30. The maximum absolute atomic E-state index is 4.00. The molecule has 2 rings (SSSR count). The van der Waals surface area contributed by atoms with Crippen molar-refractivity contribution in [1.82, 2.24) is 9.97 Å². The van der Waals surface area contributed by atoms with Gasteiger partial charge in [0.25, 0.3) is 0 Å². The predicted molar refractivity (Wildman–Crippen MR) is 56.5 cm³/mol. The van der Waals surface area contributed by atoms with E-state index >= 15 is 0 Å². The SMILES string of the molecule is C[CH]c1cccc(-c2cncnc2)c1. The summed E-state index contributed by atoms with van der Waals surface area (Å²) in [5.74, 6) is 0. The summed E-state index contributed by atoms with van der Waals surface area (Å²) < 4.78 is 0. The number of rotatable bonds is 2. The van der Waals surface area contributed by atoms with E-state index in [1.807, 2.05) is 25.4 Å². The lowest BCUT2D eigenvalue weighted by Gasteiger charge is -2.02. The fraction of sp³-hybridized carbons (Fsp3) is 0.0833. The molecular weight excluding hydrogens is 172 g/mol. The average molecular weight is 183 g/mol. The molecule has 2 nitrogen and oxygen atoms in total. The minimum Gasteiger partial charge on any atom is -0.244 e. The third kappa shape index (κ3) is 1.79. The monoisotopic (exact) mass is 183 g/mol. The van der Waals surface area contributed by atoms with Gasteiger partial charge in [-0.05, 0) is 17.5 Å². The Balaban J connectivity index is 2.42. The molecule has 2 aromatic rings. The minimum absolute atomic E-state index is 1.05. The molecule has 14 heavy (non-hydrogen) atoms. The number of aromatic nitrogens is 2. The van der Waals surface area contributed by atoms with E-state index in [1.165, 1.54) is 5.56 Å². The van der Waals surface area contributed by atoms with E-state index < -0.39 is 0 Å². The Morgan fingerprint density at radius 2 is 1.86 bits per heavy atom. The van der Waals surface area contributed by atoms with Gasteiger partial charge in [0.1, 0.15) is 6.33 Å². The highest BCUT2D eigenvalue weighted by Crippen LogP contribution is 2.18. The molecule has 1 radical (unpaired) electrons. The molecule has 0 atom stereocenters. The second kappa shape index (κ2) is 4.01. The second-order valence-corrected chi connectivity index (χ2v) is 3.04. The first-order valence-corrected chi connectivity index (χ1v) is 4.55. The molecule has 0 aliphatic carbocycles. The Bertz CT molecular complexity index is 410. The van der Waals surface area contributed by atoms with Crippen LogP contribution in [0.5, 0.6) is 0 Å². The van der Waals surface area contributed by atoms with Crippen LogP contribution < -0.4 is 0 Å². The molecule has 0 N–H and O–H groups in total. The number of benzene rings is 1. The van der Waals surface area contributed by atoms with Crippen LogP contribution in [0.3, 0.4) is 0 Å².